The molecule has 178 valence electrons. The third-order valence-electron chi connectivity index (χ3n) is 4.04. The molecule has 15 heteroatoms. The Kier molecular flexibility index (Phi) is 7.21. The van der Waals surface area contributed by atoms with Crippen molar-refractivity contribution in [1.82, 2.24) is 4.98 Å². The number of hydrogen-bond donors (Lipinski definition) is 1. The van der Waals surface area contributed by atoms with Crippen molar-refractivity contribution in [3.05, 3.63) is 64.4 Å². The van der Waals surface area contributed by atoms with Crippen molar-refractivity contribution in [2.45, 2.75) is 22.6 Å². The molecule has 1 aromatic heterocycles. The van der Waals surface area contributed by atoms with E-state index in [0.717, 1.165) is 35.6 Å². The number of thiazole rings is 1. The lowest BCUT2D eigenvalue weighted by molar-refractivity contribution is -0.274. The average molecular weight is 545 g/mol. The van der Waals surface area contributed by atoms with E-state index in [-0.39, 0.29) is 21.5 Å². The molecule has 33 heavy (non-hydrogen) atoms. The highest BCUT2D eigenvalue weighted by Crippen LogP contribution is 2.27. The summed E-state index contributed by atoms with van der Waals surface area (Å²) in [6, 6.07) is 7.05. The molecular weight excluding hydrogens is 532 g/mol. The van der Waals surface area contributed by atoms with Gasteiger partial charge in [0, 0.05) is 0 Å². The van der Waals surface area contributed by atoms with Gasteiger partial charge in [0.05, 0.1) is 16.8 Å². The van der Waals surface area contributed by atoms with Crippen LogP contribution in [-0.2, 0) is 26.3 Å². The molecular formula is C18H13ClF4N2O5S3. The number of aromatic nitrogens is 1. The van der Waals surface area contributed by atoms with Crippen LogP contribution in [0.1, 0.15) is 5.56 Å². The molecule has 0 fully saturated rings. The number of benzene rings is 2. The predicted octanol–water partition coefficient (Wildman–Crippen LogP) is 4.65. The van der Waals surface area contributed by atoms with Gasteiger partial charge in [-0.2, -0.15) is 0 Å². The second kappa shape index (κ2) is 9.44. The SMILES string of the molecule is O=S(=O)(CCc1cccc(OC(F)(F)F)c1)c1ccc(S(=O)(=O)Nc2ncc(Cl)s2)c(F)c1. The monoisotopic (exact) mass is 544 g/mol. The van der Waals surface area contributed by atoms with E-state index in [1.165, 1.54) is 18.3 Å². The van der Waals surface area contributed by atoms with E-state index in [0.29, 0.717) is 6.07 Å². The van der Waals surface area contributed by atoms with Crippen molar-refractivity contribution in [2.24, 2.45) is 0 Å². The van der Waals surface area contributed by atoms with E-state index in [2.05, 4.69) is 9.72 Å². The van der Waals surface area contributed by atoms with Gasteiger partial charge in [-0.25, -0.2) is 26.2 Å². The van der Waals surface area contributed by atoms with E-state index in [1.54, 1.807) is 0 Å². The predicted molar refractivity (Wildman–Crippen MR) is 113 cm³/mol. The summed E-state index contributed by atoms with van der Waals surface area (Å²) in [5.74, 6) is -2.39. The zero-order valence-corrected chi connectivity index (χ0v) is 19.3. The van der Waals surface area contributed by atoms with Gasteiger partial charge in [-0.1, -0.05) is 35.1 Å². The second-order valence-electron chi connectivity index (χ2n) is 6.43. The van der Waals surface area contributed by atoms with Crippen molar-refractivity contribution in [2.75, 3.05) is 10.5 Å². The van der Waals surface area contributed by atoms with E-state index >= 15 is 0 Å². The summed E-state index contributed by atoms with van der Waals surface area (Å²) in [5, 5.41) is -0.104. The summed E-state index contributed by atoms with van der Waals surface area (Å²) in [6.07, 6.45) is -3.89. The molecule has 0 aliphatic heterocycles. The molecule has 3 rings (SSSR count). The molecule has 7 nitrogen and oxygen atoms in total. The van der Waals surface area contributed by atoms with Crippen molar-refractivity contribution in [3.8, 4) is 5.75 Å². The largest absolute Gasteiger partial charge is 0.573 e. The summed E-state index contributed by atoms with van der Waals surface area (Å²) in [4.78, 5) is 2.41. The highest BCUT2D eigenvalue weighted by atomic mass is 35.5. The van der Waals surface area contributed by atoms with Crippen molar-refractivity contribution in [1.29, 1.82) is 0 Å². The molecule has 0 bridgehead atoms. The lowest BCUT2D eigenvalue weighted by Gasteiger charge is -2.11. The molecule has 0 radical (unpaired) electrons. The fourth-order valence-corrected chi connectivity index (χ4v) is 6.05. The van der Waals surface area contributed by atoms with Gasteiger partial charge in [0.1, 0.15) is 20.8 Å². The molecule has 1 N–H and O–H groups in total. The lowest BCUT2D eigenvalue weighted by atomic mass is 10.2. The summed E-state index contributed by atoms with van der Waals surface area (Å²) in [6.45, 7) is 0. The van der Waals surface area contributed by atoms with E-state index in [4.69, 9.17) is 11.6 Å². The van der Waals surface area contributed by atoms with Gasteiger partial charge in [-0.15, -0.1) is 13.2 Å². The third-order valence-corrected chi connectivity index (χ3v) is 8.29. The Morgan fingerprint density at radius 2 is 1.82 bits per heavy atom. The van der Waals surface area contributed by atoms with Crippen LogP contribution in [0, 0.1) is 5.82 Å². The van der Waals surface area contributed by atoms with E-state index in [1.807, 2.05) is 4.72 Å². The van der Waals surface area contributed by atoms with Crippen LogP contribution in [0.15, 0.2) is 58.5 Å². The number of alkyl halides is 3. The van der Waals surface area contributed by atoms with Gasteiger partial charge in [0.15, 0.2) is 15.0 Å². The summed E-state index contributed by atoms with van der Waals surface area (Å²) in [5.41, 5.74) is 0.242. The van der Waals surface area contributed by atoms with Crippen LogP contribution in [0.2, 0.25) is 4.34 Å². The van der Waals surface area contributed by atoms with Crippen molar-refractivity contribution in [3.63, 3.8) is 0 Å². The first-order chi connectivity index (χ1) is 15.2. The fourth-order valence-electron chi connectivity index (χ4n) is 2.63. The van der Waals surface area contributed by atoms with E-state index in [9.17, 15) is 34.4 Å². The summed E-state index contributed by atoms with van der Waals surface area (Å²) >= 11 is 6.48. The Balaban J connectivity index is 1.75. The molecule has 0 amide bonds. The summed E-state index contributed by atoms with van der Waals surface area (Å²) in [7, 11) is -8.50. The Hall–Kier alpha value is -2.42. The molecule has 0 atom stereocenters. The third kappa shape index (κ3) is 6.79. The smallest absolute Gasteiger partial charge is 0.406 e. The first-order valence-electron chi connectivity index (χ1n) is 8.76. The minimum Gasteiger partial charge on any atom is -0.406 e. The fraction of sp³-hybridized carbons (Fsp3) is 0.167. The van der Waals surface area contributed by atoms with Crippen LogP contribution in [-0.4, -0.2) is 33.9 Å². The molecule has 3 aromatic rings. The first-order valence-corrected chi connectivity index (χ1v) is 13.1. The van der Waals surface area contributed by atoms with Gasteiger partial charge in [-0.3, -0.25) is 4.72 Å². The average Bonchev–Trinajstić information content (AvgIpc) is 3.09. The Morgan fingerprint density at radius 1 is 1.09 bits per heavy atom. The van der Waals surface area contributed by atoms with Gasteiger partial charge < -0.3 is 4.74 Å². The number of nitrogens with zero attached hydrogens (tertiary/aromatic N) is 1. The van der Waals surface area contributed by atoms with Crippen LogP contribution < -0.4 is 9.46 Å². The Bertz CT molecular complexity index is 1380. The second-order valence-corrected chi connectivity index (χ2v) is 11.9. The van der Waals surface area contributed by atoms with Crippen LogP contribution in [0.4, 0.5) is 22.7 Å². The van der Waals surface area contributed by atoms with E-state index < -0.39 is 53.3 Å². The number of sulfonamides is 1. The number of halogens is 5. The van der Waals surface area contributed by atoms with Crippen LogP contribution in [0.3, 0.4) is 0 Å². The van der Waals surface area contributed by atoms with Crippen LogP contribution in [0.5, 0.6) is 5.75 Å². The van der Waals surface area contributed by atoms with Crippen LogP contribution in [0.25, 0.3) is 0 Å². The van der Waals surface area contributed by atoms with Gasteiger partial charge in [-0.05, 0) is 42.3 Å². The number of nitrogens with one attached hydrogen (secondary N) is 1. The van der Waals surface area contributed by atoms with Crippen LogP contribution >= 0.6 is 22.9 Å². The molecule has 1 heterocycles. The highest BCUT2D eigenvalue weighted by molar-refractivity contribution is 7.93. The highest BCUT2D eigenvalue weighted by Gasteiger charge is 2.31. The van der Waals surface area contributed by atoms with Gasteiger partial charge in [0.2, 0.25) is 0 Å². The molecule has 0 spiro atoms. The zero-order valence-electron chi connectivity index (χ0n) is 16.1. The maximum Gasteiger partial charge on any atom is 0.573 e. The van der Waals surface area contributed by atoms with Crippen molar-refractivity contribution >= 4 is 47.9 Å². The molecule has 0 aliphatic carbocycles. The maximum absolute atomic E-state index is 14.5. The maximum atomic E-state index is 14.5. The van der Waals surface area contributed by atoms with Crippen molar-refractivity contribution < 1.29 is 39.1 Å². The number of rotatable bonds is 8. The minimum absolute atomic E-state index is 0.104. The molecule has 0 saturated heterocycles. The minimum atomic E-state index is -4.90. The quantitative estimate of drug-likeness (QED) is 0.414. The molecule has 0 saturated carbocycles. The number of anilines is 1. The molecule has 0 unspecified atom stereocenters. The lowest BCUT2D eigenvalue weighted by Crippen LogP contribution is -2.17. The Morgan fingerprint density at radius 3 is 2.42 bits per heavy atom. The molecule has 2 aromatic carbocycles. The van der Waals surface area contributed by atoms with Gasteiger partial charge in [0.25, 0.3) is 10.0 Å². The zero-order chi connectivity index (χ0) is 24.4. The number of ether oxygens (including phenoxy) is 1. The normalized spacial score (nSPS) is 12.5. The van der Waals surface area contributed by atoms with Gasteiger partial charge >= 0.3 is 6.36 Å². The number of hydrogen-bond acceptors (Lipinski definition) is 7. The summed E-state index contributed by atoms with van der Waals surface area (Å²) < 4.78 is 107. The Labute approximate surface area is 195 Å². The topological polar surface area (TPSA) is 102 Å². The number of aryl methyl sites for hydroxylation is 1. The molecule has 0 aliphatic rings. The standard InChI is InChI=1S/C18H13ClF4N2O5S3/c19-16-10-24-17(31-16)25-33(28,29)15-5-4-13(9-14(15)20)32(26,27)7-6-11-2-1-3-12(8-11)30-18(21,22)23/h1-5,8-10H,6-7H2,(H,24,25). The number of sulfone groups is 1. The first kappa shape index (κ1) is 25.2.